The van der Waals surface area contributed by atoms with Crippen LogP contribution in [-0.4, -0.2) is 34.4 Å². The van der Waals surface area contributed by atoms with E-state index in [1.54, 1.807) is 0 Å². The molecule has 1 unspecified atom stereocenters. The standard InChI is InChI=1S/C11H21N3O/c1-9(2)11-13-5-7-14(11)6-4-10(8-15)12-3/h5,7,9-10,12,15H,4,6,8H2,1-3H3. The summed E-state index contributed by atoms with van der Waals surface area (Å²) in [6.45, 7) is 5.36. The SMILES string of the molecule is CNC(CO)CCn1ccnc1C(C)C. The monoisotopic (exact) mass is 211 g/mol. The first kappa shape index (κ1) is 12.2. The highest BCUT2D eigenvalue weighted by Gasteiger charge is 2.09. The van der Waals surface area contributed by atoms with Crippen LogP contribution in [0.1, 0.15) is 32.0 Å². The molecule has 0 fully saturated rings. The number of rotatable bonds is 6. The van der Waals surface area contributed by atoms with Gasteiger partial charge in [-0.1, -0.05) is 13.8 Å². The molecule has 2 N–H and O–H groups in total. The third-order valence-corrected chi connectivity index (χ3v) is 2.61. The fraction of sp³-hybridized carbons (Fsp3) is 0.727. The van der Waals surface area contributed by atoms with Crippen LogP contribution in [0.4, 0.5) is 0 Å². The molecule has 0 saturated carbocycles. The number of nitrogens with one attached hydrogen (secondary N) is 1. The maximum Gasteiger partial charge on any atom is 0.111 e. The van der Waals surface area contributed by atoms with Crippen LogP contribution in [0.25, 0.3) is 0 Å². The van der Waals surface area contributed by atoms with Crippen molar-refractivity contribution in [2.45, 2.75) is 38.8 Å². The van der Waals surface area contributed by atoms with Crippen molar-refractivity contribution in [2.75, 3.05) is 13.7 Å². The summed E-state index contributed by atoms with van der Waals surface area (Å²) in [6.07, 6.45) is 4.76. The molecule has 15 heavy (non-hydrogen) atoms. The zero-order valence-corrected chi connectivity index (χ0v) is 9.77. The molecular formula is C11H21N3O. The minimum absolute atomic E-state index is 0.174. The van der Waals surface area contributed by atoms with E-state index in [4.69, 9.17) is 5.11 Å². The summed E-state index contributed by atoms with van der Waals surface area (Å²) in [5.74, 6) is 1.56. The molecule has 0 aliphatic heterocycles. The fourth-order valence-corrected chi connectivity index (χ4v) is 1.63. The number of aromatic nitrogens is 2. The van der Waals surface area contributed by atoms with Crippen LogP contribution in [0.3, 0.4) is 0 Å². The molecule has 0 bridgehead atoms. The van der Waals surface area contributed by atoms with Crippen LogP contribution in [0.2, 0.25) is 0 Å². The molecule has 1 aromatic rings. The summed E-state index contributed by atoms with van der Waals surface area (Å²) in [5.41, 5.74) is 0. The van der Waals surface area contributed by atoms with Crippen LogP contribution in [-0.2, 0) is 6.54 Å². The molecular weight excluding hydrogens is 190 g/mol. The molecule has 1 aromatic heterocycles. The van der Waals surface area contributed by atoms with Gasteiger partial charge in [-0.2, -0.15) is 0 Å². The quantitative estimate of drug-likeness (QED) is 0.737. The first-order chi connectivity index (χ1) is 7.19. The molecule has 1 heterocycles. The second kappa shape index (κ2) is 5.88. The minimum Gasteiger partial charge on any atom is -0.395 e. The number of aryl methyl sites for hydroxylation is 1. The normalized spacial score (nSPS) is 13.4. The number of likely N-dealkylation sites (N-methyl/N-ethyl adjacent to an activating group) is 1. The van der Waals surface area contributed by atoms with E-state index in [0.29, 0.717) is 5.92 Å². The molecule has 0 aliphatic rings. The average molecular weight is 211 g/mol. The van der Waals surface area contributed by atoms with Crippen LogP contribution in [0.15, 0.2) is 12.4 Å². The van der Waals surface area contributed by atoms with Crippen LogP contribution in [0, 0.1) is 0 Å². The van der Waals surface area contributed by atoms with Gasteiger partial charge in [-0.05, 0) is 13.5 Å². The Balaban J connectivity index is 2.53. The lowest BCUT2D eigenvalue weighted by molar-refractivity contribution is 0.237. The van der Waals surface area contributed by atoms with Gasteiger partial charge in [-0.3, -0.25) is 0 Å². The van der Waals surface area contributed by atoms with Crippen molar-refractivity contribution >= 4 is 0 Å². The number of imidazole rings is 1. The van der Waals surface area contributed by atoms with Gasteiger partial charge in [0.25, 0.3) is 0 Å². The van der Waals surface area contributed by atoms with Gasteiger partial charge in [0, 0.05) is 30.9 Å². The van der Waals surface area contributed by atoms with E-state index in [-0.39, 0.29) is 12.6 Å². The molecule has 1 rings (SSSR count). The van der Waals surface area contributed by atoms with E-state index in [1.165, 1.54) is 0 Å². The van der Waals surface area contributed by atoms with Gasteiger partial charge < -0.3 is 15.0 Å². The Labute approximate surface area is 91.3 Å². The molecule has 0 radical (unpaired) electrons. The first-order valence-electron chi connectivity index (χ1n) is 5.48. The number of hydrogen-bond acceptors (Lipinski definition) is 3. The number of hydrogen-bond donors (Lipinski definition) is 2. The molecule has 1 atom stereocenters. The predicted octanol–water partition coefficient (Wildman–Crippen LogP) is 0.977. The van der Waals surface area contributed by atoms with Crippen LogP contribution in [0.5, 0.6) is 0 Å². The summed E-state index contributed by atoms with van der Waals surface area (Å²) in [5, 5.41) is 12.1. The van der Waals surface area contributed by atoms with Gasteiger partial charge in [-0.25, -0.2) is 4.98 Å². The molecule has 0 saturated heterocycles. The molecule has 4 heteroatoms. The average Bonchev–Trinajstić information content (AvgIpc) is 2.67. The fourth-order valence-electron chi connectivity index (χ4n) is 1.63. The highest BCUT2D eigenvalue weighted by molar-refractivity contribution is 4.97. The second-order valence-electron chi connectivity index (χ2n) is 4.09. The first-order valence-corrected chi connectivity index (χ1v) is 5.48. The second-order valence-corrected chi connectivity index (χ2v) is 4.09. The van der Waals surface area contributed by atoms with Gasteiger partial charge in [0.2, 0.25) is 0 Å². The van der Waals surface area contributed by atoms with Gasteiger partial charge in [-0.15, -0.1) is 0 Å². The van der Waals surface area contributed by atoms with E-state index in [1.807, 2.05) is 19.4 Å². The van der Waals surface area contributed by atoms with Crippen LogP contribution < -0.4 is 5.32 Å². The Morgan fingerprint density at radius 2 is 2.27 bits per heavy atom. The Bertz CT molecular complexity index is 279. The molecule has 0 aromatic carbocycles. The number of aliphatic hydroxyl groups excluding tert-OH is 1. The molecule has 4 nitrogen and oxygen atoms in total. The van der Waals surface area contributed by atoms with Crippen molar-refractivity contribution in [1.82, 2.24) is 14.9 Å². The van der Waals surface area contributed by atoms with E-state index in [2.05, 4.69) is 28.7 Å². The summed E-state index contributed by atoms with van der Waals surface area (Å²) in [4.78, 5) is 4.33. The Kier molecular flexibility index (Phi) is 4.78. The van der Waals surface area contributed by atoms with E-state index >= 15 is 0 Å². The Morgan fingerprint density at radius 3 is 2.80 bits per heavy atom. The summed E-state index contributed by atoms with van der Waals surface area (Å²) in [6, 6.07) is 0.174. The maximum absolute atomic E-state index is 9.05. The van der Waals surface area contributed by atoms with E-state index < -0.39 is 0 Å². The zero-order chi connectivity index (χ0) is 11.3. The Morgan fingerprint density at radius 1 is 1.53 bits per heavy atom. The van der Waals surface area contributed by atoms with Crippen molar-refractivity contribution < 1.29 is 5.11 Å². The maximum atomic E-state index is 9.05. The van der Waals surface area contributed by atoms with Gasteiger partial charge >= 0.3 is 0 Å². The minimum atomic E-state index is 0.174. The summed E-state index contributed by atoms with van der Waals surface area (Å²) < 4.78 is 2.16. The lowest BCUT2D eigenvalue weighted by Gasteiger charge is -2.15. The van der Waals surface area contributed by atoms with Crippen molar-refractivity contribution in [3.63, 3.8) is 0 Å². The van der Waals surface area contributed by atoms with Crippen molar-refractivity contribution in [1.29, 1.82) is 0 Å². The summed E-state index contributed by atoms with van der Waals surface area (Å²) >= 11 is 0. The van der Waals surface area contributed by atoms with Crippen molar-refractivity contribution in [2.24, 2.45) is 0 Å². The lowest BCUT2D eigenvalue weighted by Crippen LogP contribution is -2.30. The highest BCUT2D eigenvalue weighted by Crippen LogP contribution is 2.12. The largest absolute Gasteiger partial charge is 0.395 e. The van der Waals surface area contributed by atoms with Gasteiger partial charge in [0.15, 0.2) is 0 Å². The van der Waals surface area contributed by atoms with Gasteiger partial charge in [0.05, 0.1) is 6.61 Å². The smallest absolute Gasteiger partial charge is 0.111 e. The third-order valence-electron chi connectivity index (χ3n) is 2.61. The number of aliphatic hydroxyl groups is 1. The number of nitrogens with zero attached hydrogens (tertiary/aromatic N) is 2. The predicted molar refractivity (Wildman–Crippen MR) is 60.9 cm³/mol. The van der Waals surface area contributed by atoms with Crippen molar-refractivity contribution in [3.05, 3.63) is 18.2 Å². The summed E-state index contributed by atoms with van der Waals surface area (Å²) in [7, 11) is 1.87. The molecule has 0 amide bonds. The van der Waals surface area contributed by atoms with Crippen molar-refractivity contribution in [3.8, 4) is 0 Å². The molecule has 86 valence electrons. The topological polar surface area (TPSA) is 50.1 Å². The van der Waals surface area contributed by atoms with E-state index in [9.17, 15) is 0 Å². The van der Waals surface area contributed by atoms with Crippen LogP contribution >= 0.6 is 0 Å². The van der Waals surface area contributed by atoms with E-state index in [0.717, 1.165) is 18.8 Å². The van der Waals surface area contributed by atoms with Gasteiger partial charge in [0.1, 0.15) is 5.82 Å². The Hall–Kier alpha value is -0.870. The highest BCUT2D eigenvalue weighted by atomic mass is 16.3. The molecule has 0 spiro atoms. The molecule has 0 aliphatic carbocycles. The zero-order valence-electron chi connectivity index (χ0n) is 9.77. The third kappa shape index (κ3) is 3.32. The lowest BCUT2D eigenvalue weighted by atomic mass is 10.2.